The Morgan fingerprint density at radius 3 is 3.00 bits per heavy atom. The molecule has 11 heavy (non-hydrogen) atoms. The average Bonchev–Trinajstić information content (AvgIpc) is 2.31. The van der Waals surface area contributed by atoms with Crippen LogP contribution in [-0.4, -0.2) is 9.68 Å². The van der Waals surface area contributed by atoms with Crippen molar-refractivity contribution in [3.63, 3.8) is 0 Å². The Balaban J connectivity index is 2.45. The van der Waals surface area contributed by atoms with Gasteiger partial charge in [-0.15, -0.1) is 0 Å². The molecular weight excluding hydrogens is 158 g/mol. The van der Waals surface area contributed by atoms with Gasteiger partial charge in [0.2, 0.25) is 0 Å². The second-order valence-corrected chi connectivity index (χ2v) is 2.84. The first-order chi connectivity index (χ1) is 5.18. The molecule has 0 fully saturated rings. The average molecular weight is 169 g/mol. The fourth-order valence-corrected chi connectivity index (χ4v) is 0.927. The lowest BCUT2D eigenvalue weighted by Gasteiger charge is -1.99. The minimum atomic E-state index is 0.342. The molecule has 0 aliphatic rings. The largest absolute Gasteiger partial charge is 0.376 e. The Morgan fingerprint density at radius 2 is 2.55 bits per heavy atom. The zero-order valence-electron chi connectivity index (χ0n) is 6.37. The highest BCUT2D eigenvalue weighted by atomic mass is 32.1. The maximum Gasteiger partial charge on any atom is 0.163 e. The van der Waals surface area contributed by atoms with Crippen molar-refractivity contribution in [1.29, 1.82) is 0 Å². The van der Waals surface area contributed by atoms with Gasteiger partial charge in [0.1, 0.15) is 0 Å². The Bertz CT molecular complexity index is 254. The summed E-state index contributed by atoms with van der Waals surface area (Å²) >= 11 is 4.66. The second kappa shape index (κ2) is 3.39. The van der Waals surface area contributed by atoms with Gasteiger partial charge in [0.25, 0.3) is 0 Å². The molecule has 0 bridgehead atoms. The maximum atomic E-state index is 5.26. The highest BCUT2D eigenvalue weighted by molar-refractivity contribution is 7.80. The van der Waals surface area contributed by atoms with Gasteiger partial charge in [-0.05, 0) is 23.8 Å². The molecule has 3 nitrogen and oxygen atoms in total. The summed E-state index contributed by atoms with van der Waals surface area (Å²) in [5.41, 5.74) is 6.44. The molecule has 0 spiro atoms. The lowest BCUT2D eigenvalue weighted by Crippen LogP contribution is -2.28. The monoisotopic (exact) mass is 169 g/mol. The van der Waals surface area contributed by atoms with E-state index in [1.807, 2.05) is 30.1 Å². The lowest BCUT2D eigenvalue weighted by molar-refractivity contribution is 0.888. The summed E-state index contributed by atoms with van der Waals surface area (Å²) in [6.07, 6.45) is 4.00. The van der Waals surface area contributed by atoms with Crippen molar-refractivity contribution in [2.75, 3.05) is 0 Å². The predicted octanol–water partition coefficient (Wildman–Crippen LogP) is 0.358. The molecule has 60 valence electrons. The summed E-state index contributed by atoms with van der Waals surface area (Å²) in [6, 6.07) is 2.02. The summed E-state index contributed by atoms with van der Waals surface area (Å²) in [6.45, 7) is 0.705. The lowest BCUT2D eigenvalue weighted by atomic mass is 10.3. The van der Waals surface area contributed by atoms with E-state index in [1.165, 1.54) is 5.56 Å². The van der Waals surface area contributed by atoms with E-state index in [2.05, 4.69) is 17.5 Å². The molecule has 4 heteroatoms. The molecule has 0 amide bonds. The molecule has 3 N–H and O–H groups in total. The third-order valence-corrected chi connectivity index (χ3v) is 1.50. The van der Waals surface area contributed by atoms with Crippen molar-refractivity contribution in [2.45, 2.75) is 6.54 Å². The minimum absolute atomic E-state index is 0.342. The summed E-state index contributed by atoms with van der Waals surface area (Å²) in [5, 5.41) is 3.21. The van der Waals surface area contributed by atoms with Crippen LogP contribution >= 0.6 is 12.2 Å². The summed E-state index contributed by atoms with van der Waals surface area (Å²) in [4.78, 5) is 0. The number of rotatable bonds is 2. The van der Waals surface area contributed by atoms with Crippen LogP contribution in [0.2, 0.25) is 0 Å². The molecule has 0 saturated carbocycles. The van der Waals surface area contributed by atoms with Gasteiger partial charge in [-0.1, -0.05) is 0 Å². The summed E-state index contributed by atoms with van der Waals surface area (Å²) in [5.74, 6) is 0. The Morgan fingerprint density at radius 1 is 1.82 bits per heavy atom. The standard InChI is InChI=1S/C7H11N3S/c1-10-3-2-6(5-10)4-9-7(8)11/h2-3,5H,4H2,1H3,(H3,8,9,11). The number of nitrogens with two attached hydrogens (primary N) is 1. The van der Waals surface area contributed by atoms with Gasteiger partial charge >= 0.3 is 0 Å². The van der Waals surface area contributed by atoms with E-state index in [0.717, 1.165) is 0 Å². The van der Waals surface area contributed by atoms with Crippen LogP contribution in [0.5, 0.6) is 0 Å². The summed E-state index contributed by atoms with van der Waals surface area (Å²) in [7, 11) is 1.98. The number of hydrogen-bond donors (Lipinski definition) is 2. The molecule has 1 heterocycles. The topological polar surface area (TPSA) is 43.0 Å². The zero-order valence-corrected chi connectivity index (χ0v) is 7.19. The van der Waals surface area contributed by atoms with Crippen molar-refractivity contribution in [3.8, 4) is 0 Å². The predicted molar refractivity (Wildman–Crippen MR) is 49.0 cm³/mol. The first-order valence-corrected chi connectivity index (χ1v) is 3.73. The van der Waals surface area contributed by atoms with Crippen LogP contribution in [-0.2, 0) is 13.6 Å². The molecule has 0 unspecified atom stereocenters. The Kier molecular flexibility index (Phi) is 2.48. The SMILES string of the molecule is Cn1ccc(CNC(N)=S)c1. The molecular formula is C7H11N3S. The fraction of sp³-hybridized carbons (Fsp3) is 0.286. The third-order valence-electron chi connectivity index (χ3n) is 1.36. The second-order valence-electron chi connectivity index (χ2n) is 2.40. The first kappa shape index (κ1) is 8.07. The first-order valence-electron chi connectivity index (χ1n) is 3.32. The third kappa shape index (κ3) is 2.59. The van der Waals surface area contributed by atoms with Crippen molar-refractivity contribution < 1.29 is 0 Å². The van der Waals surface area contributed by atoms with Gasteiger partial charge in [0.15, 0.2) is 5.11 Å². The number of aryl methyl sites for hydroxylation is 1. The van der Waals surface area contributed by atoms with Gasteiger partial charge in [-0.3, -0.25) is 0 Å². The van der Waals surface area contributed by atoms with Crippen LogP contribution in [0.25, 0.3) is 0 Å². The highest BCUT2D eigenvalue weighted by Gasteiger charge is 1.93. The highest BCUT2D eigenvalue weighted by Crippen LogP contribution is 1.97. The molecule has 0 aromatic carbocycles. The normalized spacial score (nSPS) is 9.55. The molecule has 1 aromatic heterocycles. The molecule has 0 aliphatic heterocycles. The van der Waals surface area contributed by atoms with Crippen molar-refractivity contribution in [2.24, 2.45) is 12.8 Å². The van der Waals surface area contributed by atoms with E-state index in [1.54, 1.807) is 0 Å². The zero-order chi connectivity index (χ0) is 8.27. The fourth-order valence-electron chi connectivity index (χ4n) is 0.855. The van der Waals surface area contributed by atoms with Crippen molar-refractivity contribution in [3.05, 3.63) is 24.0 Å². The van der Waals surface area contributed by atoms with Gasteiger partial charge in [-0.2, -0.15) is 0 Å². The molecule has 0 atom stereocenters. The molecule has 1 aromatic rings. The van der Waals surface area contributed by atoms with E-state index in [4.69, 9.17) is 5.73 Å². The van der Waals surface area contributed by atoms with Gasteiger partial charge in [-0.25, -0.2) is 0 Å². The van der Waals surface area contributed by atoms with Crippen molar-refractivity contribution in [1.82, 2.24) is 9.88 Å². The van der Waals surface area contributed by atoms with Crippen LogP contribution in [0.3, 0.4) is 0 Å². The van der Waals surface area contributed by atoms with Crippen LogP contribution in [0.15, 0.2) is 18.5 Å². The van der Waals surface area contributed by atoms with E-state index in [-0.39, 0.29) is 0 Å². The van der Waals surface area contributed by atoms with Gasteiger partial charge in [0.05, 0.1) is 0 Å². The quantitative estimate of drug-likeness (QED) is 0.628. The van der Waals surface area contributed by atoms with Crippen LogP contribution < -0.4 is 11.1 Å². The minimum Gasteiger partial charge on any atom is -0.376 e. The maximum absolute atomic E-state index is 5.26. The van der Waals surface area contributed by atoms with E-state index in [9.17, 15) is 0 Å². The number of thiocarbonyl (C=S) groups is 1. The Labute approximate surface area is 71.2 Å². The van der Waals surface area contributed by atoms with Crippen LogP contribution in [0.1, 0.15) is 5.56 Å². The number of nitrogens with one attached hydrogen (secondary N) is 1. The van der Waals surface area contributed by atoms with Gasteiger partial charge < -0.3 is 15.6 Å². The number of aromatic nitrogens is 1. The van der Waals surface area contributed by atoms with Gasteiger partial charge in [0, 0.05) is 26.0 Å². The van der Waals surface area contributed by atoms with Crippen LogP contribution in [0, 0.1) is 0 Å². The van der Waals surface area contributed by atoms with E-state index >= 15 is 0 Å². The number of nitrogens with zero attached hydrogens (tertiary/aromatic N) is 1. The van der Waals surface area contributed by atoms with E-state index in [0.29, 0.717) is 11.7 Å². The number of hydrogen-bond acceptors (Lipinski definition) is 1. The molecule has 0 aliphatic carbocycles. The molecule has 1 rings (SSSR count). The summed E-state index contributed by atoms with van der Waals surface area (Å²) < 4.78 is 1.98. The van der Waals surface area contributed by atoms with Crippen LogP contribution in [0.4, 0.5) is 0 Å². The Hall–Kier alpha value is -1.03. The smallest absolute Gasteiger partial charge is 0.163 e. The van der Waals surface area contributed by atoms with Crippen molar-refractivity contribution >= 4 is 17.3 Å². The molecule has 0 saturated heterocycles. The van der Waals surface area contributed by atoms with E-state index < -0.39 is 0 Å². The molecule has 0 radical (unpaired) electrons.